The molecule has 0 amide bonds. The summed E-state index contributed by atoms with van der Waals surface area (Å²) >= 11 is 0. The monoisotopic (exact) mass is 279 g/mol. The van der Waals surface area contributed by atoms with Gasteiger partial charge in [-0.05, 0) is 32.0 Å². The first-order chi connectivity index (χ1) is 9.58. The van der Waals surface area contributed by atoms with Crippen LogP contribution >= 0.6 is 0 Å². The Hall–Kier alpha value is -1.42. The molecule has 1 unspecified atom stereocenters. The molecular formula is C16H25NO3. The second-order valence-corrected chi connectivity index (χ2v) is 5.31. The quantitative estimate of drug-likeness (QED) is 0.744. The first-order valence-corrected chi connectivity index (χ1v) is 7.41. The van der Waals surface area contributed by atoms with Crippen molar-refractivity contribution in [3.8, 4) is 17.2 Å². The number of fused-ring (bicyclic) bond motifs is 1. The summed E-state index contributed by atoms with van der Waals surface area (Å²) < 4.78 is 17.3. The number of rotatable bonds is 6. The minimum atomic E-state index is 0.0122. The van der Waals surface area contributed by atoms with Crippen molar-refractivity contribution in [2.24, 2.45) is 0 Å². The van der Waals surface area contributed by atoms with Crippen LogP contribution in [0.4, 0.5) is 0 Å². The van der Waals surface area contributed by atoms with E-state index in [2.05, 4.69) is 45.6 Å². The SMILES string of the molecule is CCN(CC)C(C)Oc1c(C(C)C)ccc2c1OCO2. The van der Waals surface area contributed by atoms with Gasteiger partial charge in [0.15, 0.2) is 11.5 Å². The van der Waals surface area contributed by atoms with E-state index >= 15 is 0 Å². The molecule has 0 saturated heterocycles. The number of nitrogens with zero attached hydrogens (tertiary/aromatic N) is 1. The fraction of sp³-hybridized carbons (Fsp3) is 0.625. The molecule has 1 atom stereocenters. The summed E-state index contributed by atoms with van der Waals surface area (Å²) in [5.41, 5.74) is 1.16. The Morgan fingerprint density at radius 2 is 1.85 bits per heavy atom. The van der Waals surface area contributed by atoms with Crippen LogP contribution in [0.1, 0.15) is 46.1 Å². The largest absolute Gasteiger partial charge is 0.471 e. The zero-order valence-corrected chi connectivity index (χ0v) is 13.1. The number of hydrogen-bond donors (Lipinski definition) is 0. The third kappa shape index (κ3) is 2.85. The van der Waals surface area contributed by atoms with Gasteiger partial charge in [-0.1, -0.05) is 33.8 Å². The Kier molecular flexibility index (Phi) is 4.76. The molecule has 0 fully saturated rings. The highest BCUT2D eigenvalue weighted by Crippen LogP contribution is 2.45. The molecule has 1 aliphatic heterocycles. The van der Waals surface area contributed by atoms with Crippen LogP contribution in [0.25, 0.3) is 0 Å². The summed E-state index contributed by atoms with van der Waals surface area (Å²) in [5.74, 6) is 2.73. The number of ether oxygens (including phenoxy) is 3. The molecule has 4 nitrogen and oxygen atoms in total. The van der Waals surface area contributed by atoms with E-state index in [1.807, 2.05) is 6.07 Å². The Morgan fingerprint density at radius 1 is 1.15 bits per heavy atom. The van der Waals surface area contributed by atoms with Crippen molar-refractivity contribution in [2.75, 3.05) is 19.9 Å². The maximum absolute atomic E-state index is 6.21. The van der Waals surface area contributed by atoms with Crippen LogP contribution in [0.5, 0.6) is 17.2 Å². The average molecular weight is 279 g/mol. The van der Waals surface area contributed by atoms with Crippen LogP contribution < -0.4 is 14.2 Å². The van der Waals surface area contributed by atoms with E-state index in [0.717, 1.165) is 35.9 Å². The molecule has 20 heavy (non-hydrogen) atoms. The minimum absolute atomic E-state index is 0.0122. The maximum Gasteiger partial charge on any atom is 0.231 e. The molecule has 112 valence electrons. The summed E-state index contributed by atoms with van der Waals surface area (Å²) in [7, 11) is 0. The fourth-order valence-electron chi connectivity index (χ4n) is 2.52. The summed E-state index contributed by atoms with van der Waals surface area (Å²) in [6.45, 7) is 12.9. The Labute approximate surface area is 121 Å². The van der Waals surface area contributed by atoms with Crippen molar-refractivity contribution in [3.05, 3.63) is 17.7 Å². The molecule has 0 N–H and O–H groups in total. The molecular weight excluding hydrogens is 254 g/mol. The van der Waals surface area contributed by atoms with Gasteiger partial charge < -0.3 is 14.2 Å². The van der Waals surface area contributed by atoms with Crippen LogP contribution in [0.2, 0.25) is 0 Å². The molecule has 0 aromatic heterocycles. The first-order valence-electron chi connectivity index (χ1n) is 7.41. The first kappa shape index (κ1) is 15.0. The summed E-state index contributed by atoms with van der Waals surface area (Å²) in [4.78, 5) is 2.26. The third-order valence-corrected chi connectivity index (χ3v) is 3.76. The van der Waals surface area contributed by atoms with Gasteiger partial charge in [0.1, 0.15) is 6.23 Å². The standard InChI is InChI=1S/C16H25NO3/c1-6-17(7-2)12(5)20-15-13(11(3)4)8-9-14-16(15)19-10-18-14/h8-9,11-12H,6-7,10H2,1-5H3. The van der Waals surface area contributed by atoms with Gasteiger partial charge in [-0.3, -0.25) is 4.90 Å². The van der Waals surface area contributed by atoms with Crippen molar-refractivity contribution in [1.29, 1.82) is 0 Å². The van der Waals surface area contributed by atoms with Crippen molar-refractivity contribution in [1.82, 2.24) is 4.90 Å². The third-order valence-electron chi connectivity index (χ3n) is 3.76. The molecule has 0 spiro atoms. The zero-order valence-electron chi connectivity index (χ0n) is 13.1. The molecule has 4 heteroatoms. The van der Waals surface area contributed by atoms with Crippen molar-refractivity contribution in [3.63, 3.8) is 0 Å². The predicted octanol–water partition coefficient (Wildman–Crippen LogP) is 3.61. The highest BCUT2D eigenvalue weighted by atomic mass is 16.7. The summed E-state index contributed by atoms with van der Waals surface area (Å²) in [5, 5.41) is 0. The fourth-order valence-corrected chi connectivity index (χ4v) is 2.52. The van der Waals surface area contributed by atoms with Gasteiger partial charge in [0, 0.05) is 5.56 Å². The lowest BCUT2D eigenvalue weighted by molar-refractivity contribution is 0.0442. The average Bonchev–Trinajstić information content (AvgIpc) is 2.88. The summed E-state index contributed by atoms with van der Waals surface area (Å²) in [6, 6.07) is 4.04. The lowest BCUT2D eigenvalue weighted by Crippen LogP contribution is -2.37. The van der Waals surface area contributed by atoms with Crippen molar-refractivity contribution in [2.45, 2.75) is 46.8 Å². The Morgan fingerprint density at radius 3 is 2.45 bits per heavy atom. The molecule has 1 aromatic carbocycles. The topological polar surface area (TPSA) is 30.9 Å². The Bertz CT molecular complexity index is 455. The van der Waals surface area contributed by atoms with Gasteiger partial charge in [-0.15, -0.1) is 0 Å². The van der Waals surface area contributed by atoms with E-state index in [-0.39, 0.29) is 13.0 Å². The number of hydrogen-bond acceptors (Lipinski definition) is 4. The van der Waals surface area contributed by atoms with Crippen molar-refractivity contribution >= 4 is 0 Å². The molecule has 1 aromatic rings. The van der Waals surface area contributed by atoms with E-state index in [4.69, 9.17) is 14.2 Å². The molecule has 0 saturated carbocycles. The molecule has 0 aliphatic carbocycles. The van der Waals surface area contributed by atoms with Crippen LogP contribution in [-0.4, -0.2) is 31.0 Å². The van der Waals surface area contributed by atoms with Crippen LogP contribution in [-0.2, 0) is 0 Å². The lowest BCUT2D eigenvalue weighted by Gasteiger charge is -2.28. The van der Waals surface area contributed by atoms with E-state index in [9.17, 15) is 0 Å². The van der Waals surface area contributed by atoms with E-state index < -0.39 is 0 Å². The van der Waals surface area contributed by atoms with Gasteiger partial charge in [0.25, 0.3) is 0 Å². The lowest BCUT2D eigenvalue weighted by atomic mass is 10.0. The van der Waals surface area contributed by atoms with E-state index in [0.29, 0.717) is 5.92 Å². The predicted molar refractivity (Wildman–Crippen MR) is 79.7 cm³/mol. The van der Waals surface area contributed by atoms with Gasteiger partial charge >= 0.3 is 0 Å². The van der Waals surface area contributed by atoms with E-state index in [1.165, 1.54) is 0 Å². The smallest absolute Gasteiger partial charge is 0.231 e. The second-order valence-electron chi connectivity index (χ2n) is 5.31. The van der Waals surface area contributed by atoms with E-state index in [1.54, 1.807) is 0 Å². The zero-order chi connectivity index (χ0) is 14.7. The van der Waals surface area contributed by atoms with Gasteiger partial charge in [-0.25, -0.2) is 0 Å². The minimum Gasteiger partial charge on any atom is -0.471 e. The molecule has 1 aliphatic rings. The van der Waals surface area contributed by atoms with Crippen molar-refractivity contribution < 1.29 is 14.2 Å². The van der Waals surface area contributed by atoms with Gasteiger partial charge in [-0.2, -0.15) is 0 Å². The highest BCUT2D eigenvalue weighted by Gasteiger charge is 2.25. The Balaban J connectivity index is 2.32. The normalized spacial score (nSPS) is 14.9. The molecule has 0 radical (unpaired) electrons. The second kappa shape index (κ2) is 6.35. The van der Waals surface area contributed by atoms with Gasteiger partial charge in [0.05, 0.1) is 0 Å². The number of benzene rings is 1. The molecule has 0 bridgehead atoms. The van der Waals surface area contributed by atoms with Crippen LogP contribution in [0.3, 0.4) is 0 Å². The maximum atomic E-state index is 6.21. The highest BCUT2D eigenvalue weighted by molar-refractivity contribution is 5.57. The molecule has 1 heterocycles. The van der Waals surface area contributed by atoms with Crippen LogP contribution in [0.15, 0.2) is 12.1 Å². The molecule has 2 rings (SSSR count). The van der Waals surface area contributed by atoms with Crippen LogP contribution in [0, 0.1) is 0 Å². The summed E-state index contributed by atoms with van der Waals surface area (Å²) in [6.07, 6.45) is 0.0122. The van der Waals surface area contributed by atoms with Gasteiger partial charge in [0.2, 0.25) is 12.5 Å².